The van der Waals surface area contributed by atoms with Crippen LogP contribution in [0.25, 0.3) is 10.1 Å². The van der Waals surface area contributed by atoms with Gasteiger partial charge in [-0.2, -0.15) is 0 Å². The smallest absolute Gasteiger partial charge is 0.0822 e. The van der Waals surface area contributed by atoms with E-state index in [4.69, 9.17) is 0 Å². The highest BCUT2D eigenvalue weighted by molar-refractivity contribution is 7.19. The Morgan fingerprint density at radius 1 is 1.08 bits per heavy atom. The van der Waals surface area contributed by atoms with E-state index in [-0.39, 0.29) is 18.2 Å². The molecule has 2 aromatic rings. The van der Waals surface area contributed by atoms with Crippen LogP contribution in [0.3, 0.4) is 0 Å². The Balaban J connectivity index is 1.41. The number of likely N-dealkylation sites (tertiary alicyclic amines) is 2. The zero-order chi connectivity index (χ0) is 17.4. The number of rotatable bonds is 3. The van der Waals surface area contributed by atoms with Gasteiger partial charge in [0.2, 0.25) is 0 Å². The molecule has 2 atom stereocenters. The fraction of sp³-hybridized carbons (Fsp3) is 0.600. The third kappa shape index (κ3) is 3.62. The van der Waals surface area contributed by atoms with Crippen LogP contribution in [0.1, 0.15) is 29.7 Å². The number of hydrogen-bond donors (Lipinski definition) is 2. The van der Waals surface area contributed by atoms with Gasteiger partial charge >= 0.3 is 0 Å². The molecule has 5 heteroatoms. The number of aliphatic hydroxyl groups is 2. The number of aliphatic hydroxyl groups excluding tert-OH is 2. The minimum atomic E-state index is -0.297. The minimum absolute atomic E-state index is 0.150. The molecule has 0 unspecified atom stereocenters. The van der Waals surface area contributed by atoms with Crippen molar-refractivity contribution in [3.63, 3.8) is 0 Å². The quantitative estimate of drug-likeness (QED) is 0.883. The summed E-state index contributed by atoms with van der Waals surface area (Å²) in [5.74, 6) is 0. The topological polar surface area (TPSA) is 46.9 Å². The second kappa shape index (κ2) is 7.33. The number of thiophene rings is 1. The van der Waals surface area contributed by atoms with E-state index in [9.17, 15) is 10.2 Å². The van der Waals surface area contributed by atoms with Gasteiger partial charge in [-0.3, -0.25) is 9.80 Å². The summed E-state index contributed by atoms with van der Waals surface area (Å²) >= 11 is 1.87. The lowest BCUT2D eigenvalue weighted by Gasteiger charge is -2.43. The molecular weight excluding hydrogens is 332 g/mol. The molecule has 136 valence electrons. The van der Waals surface area contributed by atoms with Crippen LogP contribution in [0.5, 0.6) is 0 Å². The fourth-order valence-corrected chi connectivity index (χ4v) is 5.49. The zero-order valence-corrected chi connectivity index (χ0v) is 15.7. The second-order valence-corrected chi connectivity index (χ2v) is 8.81. The number of piperidine rings is 2. The normalized spacial score (nSPS) is 27.2. The molecule has 0 spiro atoms. The first-order chi connectivity index (χ1) is 12.1. The third-order valence-corrected chi connectivity index (χ3v) is 7.01. The van der Waals surface area contributed by atoms with Crippen LogP contribution in [-0.2, 0) is 6.54 Å². The van der Waals surface area contributed by atoms with E-state index < -0.39 is 0 Å². The average Bonchev–Trinajstić information content (AvgIpc) is 2.92. The van der Waals surface area contributed by atoms with Crippen LogP contribution in [0, 0.1) is 6.92 Å². The summed E-state index contributed by atoms with van der Waals surface area (Å²) in [6.07, 6.45) is 2.25. The van der Waals surface area contributed by atoms with Crippen molar-refractivity contribution in [1.82, 2.24) is 9.80 Å². The van der Waals surface area contributed by atoms with E-state index in [1.807, 2.05) is 11.3 Å². The van der Waals surface area contributed by atoms with Crippen LogP contribution in [0.15, 0.2) is 24.3 Å². The van der Waals surface area contributed by atoms with E-state index in [0.29, 0.717) is 0 Å². The molecule has 2 aliphatic rings. The fourth-order valence-electron chi connectivity index (χ4n) is 4.41. The highest BCUT2D eigenvalue weighted by atomic mass is 32.1. The maximum atomic E-state index is 10.7. The van der Waals surface area contributed by atoms with Crippen molar-refractivity contribution in [1.29, 1.82) is 0 Å². The SMILES string of the molecule is Cc1sc2ccccc2c1CN1CC[C@@H](N2CCC(O)CC2)[C@H](O)C1. The van der Waals surface area contributed by atoms with Gasteiger partial charge in [-0.25, -0.2) is 0 Å². The van der Waals surface area contributed by atoms with Gasteiger partial charge in [-0.05, 0) is 43.2 Å². The summed E-state index contributed by atoms with van der Waals surface area (Å²) in [6.45, 7) is 6.74. The monoisotopic (exact) mass is 360 g/mol. The molecule has 4 rings (SSSR count). The van der Waals surface area contributed by atoms with Crippen LogP contribution < -0.4 is 0 Å². The Morgan fingerprint density at radius 2 is 1.84 bits per heavy atom. The molecule has 1 aromatic carbocycles. The van der Waals surface area contributed by atoms with Crippen molar-refractivity contribution < 1.29 is 10.2 Å². The summed E-state index contributed by atoms with van der Waals surface area (Å²) in [5, 5.41) is 21.8. The molecule has 25 heavy (non-hydrogen) atoms. The predicted molar refractivity (Wildman–Crippen MR) is 103 cm³/mol. The molecular formula is C20H28N2O2S. The standard InChI is InChI=1S/C20H28N2O2S/c1-14-17(16-4-2-3-5-20(16)25-14)12-21-9-8-18(19(24)13-21)22-10-6-15(23)7-11-22/h2-5,15,18-19,23-24H,6-13H2,1H3/t18-,19-/m1/s1. The van der Waals surface area contributed by atoms with Crippen LogP contribution in [0.2, 0.25) is 0 Å². The Bertz CT molecular complexity index is 724. The van der Waals surface area contributed by atoms with Crippen molar-refractivity contribution >= 4 is 21.4 Å². The van der Waals surface area contributed by atoms with Crippen molar-refractivity contribution in [2.75, 3.05) is 26.2 Å². The van der Waals surface area contributed by atoms with Gasteiger partial charge < -0.3 is 10.2 Å². The van der Waals surface area contributed by atoms with Gasteiger partial charge in [0.05, 0.1) is 12.2 Å². The van der Waals surface area contributed by atoms with E-state index in [0.717, 1.165) is 52.0 Å². The lowest BCUT2D eigenvalue weighted by molar-refractivity contribution is -0.0354. The average molecular weight is 361 g/mol. The Hall–Kier alpha value is -0.980. The molecule has 0 bridgehead atoms. The number of nitrogens with zero attached hydrogens (tertiary/aromatic N) is 2. The van der Waals surface area contributed by atoms with E-state index >= 15 is 0 Å². The minimum Gasteiger partial charge on any atom is -0.393 e. The van der Waals surface area contributed by atoms with Crippen molar-refractivity contribution in [3.05, 3.63) is 34.7 Å². The molecule has 1 aromatic heterocycles. The molecule has 2 fully saturated rings. The summed E-state index contributed by atoms with van der Waals surface area (Å²) in [7, 11) is 0. The maximum Gasteiger partial charge on any atom is 0.0822 e. The van der Waals surface area contributed by atoms with E-state index in [2.05, 4.69) is 41.0 Å². The molecule has 2 aliphatic heterocycles. The lowest BCUT2D eigenvalue weighted by Crippen LogP contribution is -2.55. The van der Waals surface area contributed by atoms with Gasteiger partial charge in [0.25, 0.3) is 0 Å². The number of hydrogen-bond acceptors (Lipinski definition) is 5. The van der Waals surface area contributed by atoms with Gasteiger partial charge in [-0.15, -0.1) is 11.3 Å². The number of aryl methyl sites for hydroxylation is 1. The Morgan fingerprint density at radius 3 is 2.60 bits per heavy atom. The number of β-amino-alcohol motifs (C(OH)–C–C–N with tert-alkyl or cyclic N) is 1. The van der Waals surface area contributed by atoms with Crippen LogP contribution in [0.4, 0.5) is 0 Å². The second-order valence-electron chi connectivity index (χ2n) is 7.56. The molecule has 0 aliphatic carbocycles. The molecule has 2 saturated heterocycles. The zero-order valence-electron chi connectivity index (χ0n) is 14.9. The Kier molecular flexibility index (Phi) is 5.11. The number of fused-ring (bicyclic) bond motifs is 1. The van der Waals surface area contributed by atoms with E-state index in [1.165, 1.54) is 20.5 Å². The third-order valence-electron chi connectivity index (χ3n) is 5.88. The van der Waals surface area contributed by atoms with Crippen molar-refractivity contribution in [2.24, 2.45) is 0 Å². The van der Waals surface area contributed by atoms with Crippen molar-refractivity contribution in [2.45, 2.75) is 51.0 Å². The number of benzene rings is 1. The highest BCUT2D eigenvalue weighted by Gasteiger charge is 2.34. The van der Waals surface area contributed by atoms with Crippen LogP contribution in [-0.4, -0.2) is 64.4 Å². The maximum absolute atomic E-state index is 10.7. The first-order valence-corrected chi connectivity index (χ1v) is 10.2. The largest absolute Gasteiger partial charge is 0.393 e. The van der Waals surface area contributed by atoms with Gasteiger partial charge in [0.15, 0.2) is 0 Å². The van der Waals surface area contributed by atoms with Gasteiger partial charge in [0, 0.05) is 48.3 Å². The first-order valence-electron chi connectivity index (χ1n) is 9.41. The molecule has 2 N–H and O–H groups in total. The van der Waals surface area contributed by atoms with E-state index in [1.54, 1.807) is 0 Å². The molecule has 4 nitrogen and oxygen atoms in total. The molecule has 3 heterocycles. The van der Waals surface area contributed by atoms with Gasteiger partial charge in [-0.1, -0.05) is 18.2 Å². The predicted octanol–water partition coefficient (Wildman–Crippen LogP) is 2.60. The Labute approximate surface area is 153 Å². The molecule has 0 saturated carbocycles. The summed E-state index contributed by atoms with van der Waals surface area (Å²) in [6, 6.07) is 8.89. The van der Waals surface area contributed by atoms with Crippen molar-refractivity contribution in [3.8, 4) is 0 Å². The summed E-state index contributed by atoms with van der Waals surface area (Å²) in [4.78, 5) is 6.18. The van der Waals surface area contributed by atoms with Crippen LogP contribution >= 0.6 is 11.3 Å². The molecule has 0 amide bonds. The summed E-state index contributed by atoms with van der Waals surface area (Å²) < 4.78 is 1.36. The summed E-state index contributed by atoms with van der Waals surface area (Å²) in [5.41, 5.74) is 1.42. The molecule has 0 radical (unpaired) electrons. The lowest BCUT2D eigenvalue weighted by atomic mass is 9.96. The highest BCUT2D eigenvalue weighted by Crippen LogP contribution is 2.32. The van der Waals surface area contributed by atoms with Gasteiger partial charge in [0.1, 0.15) is 0 Å². The first kappa shape index (κ1) is 17.4.